The van der Waals surface area contributed by atoms with Crippen molar-refractivity contribution in [3.05, 3.63) is 58.5 Å². The van der Waals surface area contributed by atoms with Crippen LogP contribution in [0.25, 0.3) is 6.08 Å². The Balaban J connectivity index is 2.05. The minimum atomic E-state index is -0.546. The molecule has 0 atom stereocenters. The van der Waals surface area contributed by atoms with Gasteiger partial charge in [-0.3, -0.25) is 9.69 Å². The van der Waals surface area contributed by atoms with E-state index in [0.717, 1.165) is 0 Å². The minimum absolute atomic E-state index is 0.0574. The molecule has 1 aliphatic rings. The molecule has 146 valence electrons. The first-order valence-electron chi connectivity index (χ1n) is 8.43. The fourth-order valence-corrected chi connectivity index (χ4v) is 3.66. The fourth-order valence-electron chi connectivity index (χ4n) is 2.75. The molecule has 1 heterocycles. The van der Waals surface area contributed by atoms with Crippen LogP contribution in [0.2, 0.25) is 5.02 Å². The van der Waals surface area contributed by atoms with Crippen LogP contribution in [0, 0.1) is 5.82 Å². The summed E-state index contributed by atoms with van der Waals surface area (Å²) in [4.78, 5) is 19.0. The first-order valence-corrected chi connectivity index (χ1v) is 9.80. The van der Waals surface area contributed by atoms with Crippen molar-refractivity contribution in [2.24, 2.45) is 4.99 Å². The van der Waals surface area contributed by atoms with E-state index in [1.165, 1.54) is 42.0 Å². The number of para-hydroxylation sites is 1. The molecule has 2 aromatic rings. The van der Waals surface area contributed by atoms with E-state index in [4.69, 9.17) is 21.1 Å². The number of amidine groups is 1. The molecule has 0 radical (unpaired) electrons. The van der Waals surface area contributed by atoms with E-state index < -0.39 is 5.82 Å². The Morgan fingerprint density at radius 2 is 2.04 bits per heavy atom. The van der Waals surface area contributed by atoms with Crippen molar-refractivity contribution in [3.63, 3.8) is 0 Å². The van der Waals surface area contributed by atoms with Gasteiger partial charge in [0.25, 0.3) is 5.91 Å². The summed E-state index contributed by atoms with van der Waals surface area (Å²) in [5.41, 5.74) is 1.36. The second kappa shape index (κ2) is 8.67. The Bertz CT molecular complexity index is 978. The van der Waals surface area contributed by atoms with Gasteiger partial charge in [-0.05, 0) is 36.1 Å². The molecule has 1 amide bonds. The summed E-state index contributed by atoms with van der Waals surface area (Å²) in [5, 5.41) is 0.446. The van der Waals surface area contributed by atoms with E-state index in [2.05, 4.69) is 4.99 Å². The normalized spacial score (nSPS) is 15.2. The second-order valence-corrected chi connectivity index (χ2v) is 7.32. The first-order chi connectivity index (χ1) is 13.5. The number of thioether (sulfide) groups is 1. The highest BCUT2D eigenvalue weighted by Crippen LogP contribution is 2.35. The highest BCUT2D eigenvalue weighted by atomic mass is 35.5. The molecule has 0 saturated heterocycles. The number of hydrogen-bond acceptors (Lipinski definition) is 5. The molecule has 0 saturated carbocycles. The summed E-state index contributed by atoms with van der Waals surface area (Å²) in [6, 6.07) is 9.52. The van der Waals surface area contributed by atoms with Gasteiger partial charge in [0.15, 0.2) is 16.7 Å². The number of amides is 1. The number of hydrogen-bond donors (Lipinski definition) is 0. The summed E-state index contributed by atoms with van der Waals surface area (Å²) in [6.45, 7) is 1.96. The molecule has 0 spiro atoms. The molecular weight excluding hydrogens is 403 g/mol. The predicted molar refractivity (Wildman–Crippen MR) is 112 cm³/mol. The maximum atomic E-state index is 13.5. The molecule has 3 rings (SSSR count). The molecule has 1 aliphatic heterocycles. The summed E-state index contributed by atoms with van der Waals surface area (Å²) >= 11 is 7.31. The van der Waals surface area contributed by atoms with Gasteiger partial charge in [0.05, 0.1) is 24.9 Å². The van der Waals surface area contributed by atoms with E-state index in [-0.39, 0.29) is 16.6 Å². The van der Waals surface area contributed by atoms with Gasteiger partial charge in [-0.25, -0.2) is 9.38 Å². The third-order valence-corrected chi connectivity index (χ3v) is 5.10. The summed E-state index contributed by atoms with van der Waals surface area (Å²) in [7, 11) is 3.08. The van der Waals surface area contributed by atoms with Gasteiger partial charge in [0.1, 0.15) is 11.5 Å². The van der Waals surface area contributed by atoms with Gasteiger partial charge in [0.2, 0.25) is 0 Å². The average Bonchev–Trinajstić information content (AvgIpc) is 2.99. The maximum Gasteiger partial charge on any atom is 0.283 e. The Morgan fingerprint density at radius 1 is 1.25 bits per heavy atom. The lowest BCUT2D eigenvalue weighted by Gasteiger charge is -2.17. The first kappa shape index (κ1) is 20.2. The Kier molecular flexibility index (Phi) is 6.26. The molecule has 28 heavy (non-hydrogen) atoms. The van der Waals surface area contributed by atoms with Crippen LogP contribution in [-0.4, -0.2) is 31.0 Å². The van der Waals surface area contributed by atoms with E-state index in [1.807, 2.05) is 6.92 Å². The van der Waals surface area contributed by atoms with Crippen molar-refractivity contribution in [1.29, 1.82) is 0 Å². The molecule has 0 bridgehead atoms. The maximum absolute atomic E-state index is 13.5. The van der Waals surface area contributed by atoms with Crippen LogP contribution in [0.1, 0.15) is 12.5 Å². The van der Waals surface area contributed by atoms with Crippen LogP contribution in [0.3, 0.4) is 0 Å². The van der Waals surface area contributed by atoms with Gasteiger partial charge in [0, 0.05) is 5.56 Å². The monoisotopic (exact) mass is 420 g/mol. The molecule has 0 N–H and O–H groups in total. The largest absolute Gasteiger partial charge is 0.493 e. The average molecular weight is 421 g/mol. The fraction of sp³-hybridized carbons (Fsp3) is 0.200. The number of halogens is 2. The highest BCUT2D eigenvalue weighted by Gasteiger charge is 2.32. The lowest BCUT2D eigenvalue weighted by atomic mass is 10.1. The molecule has 0 aliphatic carbocycles. The van der Waals surface area contributed by atoms with Crippen LogP contribution in [0.4, 0.5) is 10.1 Å². The minimum Gasteiger partial charge on any atom is -0.493 e. The number of benzene rings is 2. The highest BCUT2D eigenvalue weighted by molar-refractivity contribution is 8.14. The van der Waals surface area contributed by atoms with Gasteiger partial charge < -0.3 is 9.47 Å². The van der Waals surface area contributed by atoms with Gasteiger partial charge >= 0.3 is 0 Å². The molecule has 2 aromatic carbocycles. The molecule has 0 fully saturated rings. The van der Waals surface area contributed by atoms with Crippen molar-refractivity contribution < 1.29 is 18.7 Å². The summed E-state index contributed by atoms with van der Waals surface area (Å²) < 4.78 is 24.3. The molecular formula is C20H18ClFN2O3S. The number of anilines is 1. The Morgan fingerprint density at radius 3 is 2.68 bits per heavy atom. The van der Waals surface area contributed by atoms with Crippen molar-refractivity contribution in [2.45, 2.75) is 6.92 Å². The topological polar surface area (TPSA) is 51.1 Å². The van der Waals surface area contributed by atoms with E-state index in [9.17, 15) is 9.18 Å². The number of methoxy groups -OCH3 is 2. The van der Waals surface area contributed by atoms with Crippen molar-refractivity contribution in [1.82, 2.24) is 0 Å². The van der Waals surface area contributed by atoms with Crippen LogP contribution in [0.5, 0.6) is 11.5 Å². The zero-order valence-electron chi connectivity index (χ0n) is 15.5. The van der Waals surface area contributed by atoms with E-state index in [0.29, 0.717) is 33.7 Å². The third-order valence-electron chi connectivity index (χ3n) is 3.99. The standard InChI is InChI=1S/C20H18ClFN2O3S/c1-4-28-20-23-16(10-12-6-5-7-17(26-2)18(12)27-3)19(25)24(20)13-8-9-15(22)14(21)11-13/h5-11H,4H2,1-3H3/b16-10+. The van der Waals surface area contributed by atoms with Crippen LogP contribution < -0.4 is 14.4 Å². The molecule has 0 unspecified atom stereocenters. The third kappa shape index (κ3) is 3.86. The van der Waals surface area contributed by atoms with Gasteiger partial charge in [-0.1, -0.05) is 42.4 Å². The smallest absolute Gasteiger partial charge is 0.283 e. The van der Waals surface area contributed by atoms with Crippen molar-refractivity contribution >= 4 is 46.2 Å². The lowest BCUT2D eigenvalue weighted by Crippen LogP contribution is -2.30. The van der Waals surface area contributed by atoms with E-state index >= 15 is 0 Å². The van der Waals surface area contributed by atoms with Gasteiger partial charge in [-0.2, -0.15) is 0 Å². The van der Waals surface area contributed by atoms with Crippen LogP contribution in [0.15, 0.2) is 47.1 Å². The molecule has 8 heteroatoms. The lowest BCUT2D eigenvalue weighted by molar-refractivity contribution is -0.113. The second-order valence-electron chi connectivity index (χ2n) is 5.68. The summed E-state index contributed by atoms with van der Waals surface area (Å²) in [5.74, 6) is 0.900. The van der Waals surface area contributed by atoms with Crippen LogP contribution in [-0.2, 0) is 4.79 Å². The predicted octanol–water partition coefficient (Wildman–Crippen LogP) is 4.99. The van der Waals surface area contributed by atoms with Gasteiger partial charge in [-0.15, -0.1) is 0 Å². The number of carbonyl (C=O) groups excluding carboxylic acids is 1. The molecule has 0 aromatic heterocycles. The Labute approximate surface area is 171 Å². The zero-order valence-corrected chi connectivity index (χ0v) is 17.1. The van der Waals surface area contributed by atoms with E-state index in [1.54, 1.807) is 31.4 Å². The van der Waals surface area contributed by atoms with Crippen molar-refractivity contribution in [3.8, 4) is 11.5 Å². The number of aliphatic imine (C=N–C) groups is 1. The zero-order chi connectivity index (χ0) is 20.3. The number of rotatable bonds is 5. The number of carbonyl (C=O) groups is 1. The summed E-state index contributed by atoms with van der Waals surface area (Å²) in [6.07, 6.45) is 1.64. The molecule has 5 nitrogen and oxygen atoms in total. The quantitative estimate of drug-likeness (QED) is 0.639. The number of ether oxygens (including phenoxy) is 2. The van der Waals surface area contributed by atoms with Crippen LogP contribution >= 0.6 is 23.4 Å². The van der Waals surface area contributed by atoms with Crippen molar-refractivity contribution in [2.75, 3.05) is 24.9 Å². The number of nitrogens with zero attached hydrogens (tertiary/aromatic N) is 2. The SMILES string of the molecule is CCSC1=N/C(=C/c2cccc(OC)c2OC)C(=O)N1c1ccc(F)c(Cl)c1. The Hall–Kier alpha value is -2.51.